The van der Waals surface area contributed by atoms with E-state index in [9.17, 15) is 18.0 Å². The standard InChI is InChI=1S/C14H11F3N2O2/c1-21-13(20)11-6-3-7-12(19-11)18-10-5-2-4-9(8-10)14(15,16)17/h2-8H,1H3,(H,18,19). The molecule has 0 atom stereocenters. The van der Waals surface area contributed by atoms with Crippen LogP contribution in [0.5, 0.6) is 0 Å². The topological polar surface area (TPSA) is 51.2 Å². The number of hydrogen-bond acceptors (Lipinski definition) is 4. The average Bonchev–Trinajstić information content (AvgIpc) is 2.46. The summed E-state index contributed by atoms with van der Waals surface area (Å²) in [4.78, 5) is 15.3. The molecule has 0 bridgehead atoms. The molecule has 7 heteroatoms. The van der Waals surface area contributed by atoms with E-state index in [0.717, 1.165) is 12.1 Å². The number of rotatable bonds is 3. The SMILES string of the molecule is COC(=O)c1cccc(Nc2cccc(C(F)(F)F)c2)n1. The molecule has 0 saturated carbocycles. The fraction of sp³-hybridized carbons (Fsp3) is 0.143. The number of aromatic nitrogens is 1. The van der Waals surface area contributed by atoms with Crippen LogP contribution >= 0.6 is 0 Å². The fourth-order valence-electron chi connectivity index (χ4n) is 1.64. The van der Waals surface area contributed by atoms with Gasteiger partial charge in [-0.15, -0.1) is 0 Å². The van der Waals surface area contributed by atoms with E-state index in [1.807, 2.05) is 0 Å². The Labute approximate surface area is 118 Å². The van der Waals surface area contributed by atoms with Crippen LogP contribution in [0, 0.1) is 0 Å². The second-order valence-electron chi connectivity index (χ2n) is 4.10. The third-order valence-corrected chi connectivity index (χ3v) is 2.61. The van der Waals surface area contributed by atoms with Crippen molar-refractivity contribution in [3.05, 3.63) is 53.7 Å². The molecule has 2 aromatic rings. The van der Waals surface area contributed by atoms with Gasteiger partial charge in [-0.2, -0.15) is 13.2 Å². The Kier molecular flexibility index (Phi) is 4.11. The number of nitrogens with zero attached hydrogens (tertiary/aromatic N) is 1. The van der Waals surface area contributed by atoms with Gasteiger partial charge >= 0.3 is 12.1 Å². The van der Waals surface area contributed by atoms with E-state index in [4.69, 9.17) is 0 Å². The summed E-state index contributed by atoms with van der Waals surface area (Å²) in [5, 5.41) is 2.72. The minimum absolute atomic E-state index is 0.0643. The quantitative estimate of drug-likeness (QED) is 0.879. The van der Waals surface area contributed by atoms with E-state index in [1.54, 1.807) is 6.07 Å². The number of benzene rings is 1. The van der Waals surface area contributed by atoms with Crippen molar-refractivity contribution in [1.29, 1.82) is 0 Å². The summed E-state index contributed by atoms with van der Waals surface area (Å²) < 4.78 is 42.4. The van der Waals surface area contributed by atoms with Gasteiger partial charge in [-0.25, -0.2) is 9.78 Å². The Morgan fingerprint density at radius 3 is 2.57 bits per heavy atom. The Morgan fingerprint density at radius 2 is 1.90 bits per heavy atom. The highest BCUT2D eigenvalue weighted by Gasteiger charge is 2.30. The molecule has 0 amide bonds. The van der Waals surface area contributed by atoms with Gasteiger partial charge < -0.3 is 10.1 Å². The molecule has 1 N–H and O–H groups in total. The lowest BCUT2D eigenvalue weighted by molar-refractivity contribution is -0.137. The Balaban J connectivity index is 2.24. The predicted octanol–water partition coefficient (Wildman–Crippen LogP) is 3.63. The molecule has 110 valence electrons. The third kappa shape index (κ3) is 3.71. The first kappa shape index (κ1) is 14.8. The Bertz CT molecular complexity index is 657. The molecule has 0 unspecified atom stereocenters. The van der Waals surface area contributed by atoms with Crippen LogP contribution in [0.3, 0.4) is 0 Å². The molecule has 2 rings (SSSR count). The lowest BCUT2D eigenvalue weighted by Gasteiger charge is -2.10. The fourth-order valence-corrected chi connectivity index (χ4v) is 1.64. The molecule has 1 aromatic heterocycles. The smallest absolute Gasteiger partial charge is 0.416 e. The van der Waals surface area contributed by atoms with Crippen molar-refractivity contribution in [2.75, 3.05) is 12.4 Å². The first-order valence-corrected chi connectivity index (χ1v) is 5.90. The van der Waals surface area contributed by atoms with Crippen molar-refractivity contribution in [3.63, 3.8) is 0 Å². The van der Waals surface area contributed by atoms with Crippen LogP contribution < -0.4 is 5.32 Å². The van der Waals surface area contributed by atoms with E-state index in [2.05, 4.69) is 15.0 Å². The van der Waals surface area contributed by atoms with Gasteiger partial charge in [0.2, 0.25) is 0 Å². The summed E-state index contributed by atoms with van der Waals surface area (Å²) in [6, 6.07) is 9.23. The summed E-state index contributed by atoms with van der Waals surface area (Å²) in [6.45, 7) is 0. The number of halogens is 3. The van der Waals surface area contributed by atoms with E-state index >= 15 is 0 Å². The Morgan fingerprint density at radius 1 is 1.19 bits per heavy atom. The number of ether oxygens (including phenoxy) is 1. The number of carbonyl (C=O) groups is 1. The lowest BCUT2D eigenvalue weighted by atomic mass is 10.2. The van der Waals surface area contributed by atoms with Gasteiger partial charge in [-0.3, -0.25) is 0 Å². The maximum atomic E-state index is 12.6. The maximum absolute atomic E-state index is 12.6. The summed E-state index contributed by atoms with van der Waals surface area (Å²) in [6.07, 6.45) is -4.42. The number of hydrogen-bond donors (Lipinski definition) is 1. The van der Waals surface area contributed by atoms with Crippen molar-refractivity contribution in [2.24, 2.45) is 0 Å². The van der Waals surface area contributed by atoms with Crippen molar-refractivity contribution < 1.29 is 22.7 Å². The monoisotopic (exact) mass is 296 g/mol. The van der Waals surface area contributed by atoms with Crippen LogP contribution in [0.2, 0.25) is 0 Å². The predicted molar refractivity (Wildman–Crippen MR) is 70.3 cm³/mol. The van der Waals surface area contributed by atoms with Gasteiger partial charge in [-0.1, -0.05) is 12.1 Å². The zero-order chi connectivity index (χ0) is 15.5. The van der Waals surface area contributed by atoms with Gasteiger partial charge in [-0.05, 0) is 30.3 Å². The summed E-state index contributed by atoms with van der Waals surface area (Å²) in [5.41, 5.74) is -0.481. The van der Waals surface area contributed by atoms with Crippen LogP contribution in [0.25, 0.3) is 0 Å². The molecule has 1 heterocycles. The molecule has 0 aliphatic carbocycles. The van der Waals surface area contributed by atoms with Crippen molar-refractivity contribution in [3.8, 4) is 0 Å². The first-order chi connectivity index (χ1) is 9.90. The average molecular weight is 296 g/mol. The van der Waals surface area contributed by atoms with Crippen LogP contribution in [0.1, 0.15) is 16.1 Å². The van der Waals surface area contributed by atoms with E-state index in [0.29, 0.717) is 0 Å². The lowest BCUT2D eigenvalue weighted by Crippen LogP contribution is -2.07. The van der Waals surface area contributed by atoms with Crippen molar-refractivity contribution in [1.82, 2.24) is 4.98 Å². The number of pyridine rings is 1. The van der Waals surface area contributed by atoms with Crippen LogP contribution in [0.4, 0.5) is 24.7 Å². The van der Waals surface area contributed by atoms with E-state index in [-0.39, 0.29) is 17.2 Å². The third-order valence-electron chi connectivity index (χ3n) is 2.61. The molecule has 0 fully saturated rings. The molecule has 0 aliphatic rings. The minimum Gasteiger partial charge on any atom is -0.464 e. The number of methoxy groups -OCH3 is 1. The van der Waals surface area contributed by atoms with Gasteiger partial charge in [0, 0.05) is 5.69 Å². The second-order valence-corrected chi connectivity index (χ2v) is 4.10. The number of nitrogens with one attached hydrogen (secondary N) is 1. The molecule has 0 saturated heterocycles. The highest BCUT2D eigenvalue weighted by Crippen LogP contribution is 2.31. The number of anilines is 2. The maximum Gasteiger partial charge on any atom is 0.416 e. The normalized spacial score (nSPS) is 11.0. The van der Waals surface area contributed by atoms with Crippen LogP contribution in [0.15, 0.2) is 42.5 Å². The summed E-state index contributed by atoms with van der Waals surface area (Å²) >= 11 is 0. The number of alkyl halides is 3. The molecule has 4 nitrogen and oxygen atoms in total. The summed E-state index contributed by atoms with van der Waals surface area (Å²) in [5.74, 6) is -0.375. The van der Waals surface area contributed by atoms with Crippen LogP contribution in [-0.2, 0) is 10.9 Å². The van der Waals surface area contributed by atoms with Gasteiger partial charge in [0.15, 0.2) is 5.69 Å². The van der Waals surface area contributed by atoms with Crippen molar-refractivity contribution >= 4 is 17.5 Å². The minimum atomic E-state index is -4.42. The molecule has 0 radical (unpaired) electrons. The molecule has 0 spiro atoms. The first-order valence-electron chi connectivity index (χ1n) is 5.90. The van der Waals surface area contributed by atoms with E-state index in [1.165, 1.54) is 31.4 Å². The molecule has 21 heavy (non-hydrogen) atoms. The summed E-state index contributed by atoms with van der Waals surface area (Å²) in [7, 11) is 1.22. The number of esters is 1. The van der Waals surface area contributed by atoms with Gasteiger partial charge in [0.25, 0.3) is 0 Å². The molecule has 0 aliphatic heterocycles. The van der Waals surface area contributed by atoms with Crippen molar-refractivity contribution in [2.45, 2.75) is 6.18 Å². The molecular weight excluding hydrogens is 285 g/mol. The Hall–Kier alpha value is -2.57. The van der Waals surface area contributed by atoms with Gasteiger partial charge in [0.05, 0.1) is 12.7 Å². The molecule has 1 aromatic carbocycles. The van der Waals surface area contributed by atoms with E-state index < -0.39 is 17.7 Å². The van der Waals surface area contributed by atoms with Crippen LogP contribution in [-0.4, -0.2) is 18.1 Å². The molecular formula is C14H11F3N2O2. The van der Waals surface area contributed by atoms with Gasteiger partial charge in [0.1, 0.15) is 5.82 Å². The highest BCUT2D eigenvalue weighted by molar-refractivity contribution is 5.87. The zero-order valence-corrected chi connectivity index (χ0v) is 10.9. The second kappa shape index (κ2) is 5.82. The largest absolute Gasteiger partial charge is 0.464 e. The zero-order valence-electron chi connectivity index (χ0n) is 10.9. The number of carbonyl (C=O) groups excluding carboxylic acids is 1. The highest BCUT2D eigenvalue weighted by atomic mass is 19.4.